The van der Waals surface area contributed by atoms with Crippen molar-refractivity contribution in [3.05, 3.63) is 29.3 Å². The standard InChI is InChI=1S/C15H21NO3/c1-11-6-7-12(9-14(11)19-2)15(18)16-8-4-3-5-13(16)10-17/h6-7,9,13,17H,3-5,8,10H2,1-2H3. The molecular weight excluding hydrogens is 242 g/mol. The minimum absolute atomic E-state index is 0.0166. The van der Waals surface area contributed by atoms with Gasteiger partial charge in [-0.05, 0) is 43.9 Å². The molecule has 104 valence electrons. The molecule has 1 atom stereocenters. The molecule has 1 heterocycles. The molecule has 1 aromatic carbocycles. The van der Waals surface area contributed by atoms with Crippen LogP contribution in [0.15, 0.2) is 18.2 Å². The Bertz CT molecular complexity index is 459. The topological polar surface area (TPSA) is 49.8 Å². The summed E-state index contributed by atoms with van der Waals surface area (Å²) in [7, 11) is 1.61. The van der Waals surface area contributed by atoms with Crippen molar-refractivity contribution >= 4 is 5.91 Å². The van der Waals surface area contributed by atoms with Gasteiger partial charge in [-0.2, -0.15) is 0 Å². The van der Waals surface area contributed by atoms with Crippen LogP contribution in [0.1, 0.15) is 35.2 Å². The van der Waals surface area contributed by atoms with Gasteiger partial charge >= 0.3 is 0 Å². The van der Waals surface area contributed by atoms with E-state index in [0.29, 0.717) is 5.56 Å². The normalized spacial score (nSPS) is 19.3. The van der Waals surface area contributed by atoms with E-state index >= 15 is 0 Å². The Labute approximate surface area is 114 Å². The summed E-state index contributed by atoms with van der Waals surface area (Å²) in [5.74, 6) is 0.709. The molecule has 1 amide bonds. The molecule has 4 nitrogen and oxygen atoms in total. The number of piperidine rings is 1. The molecule has 1 aromatic rings. The molecular formula is C15H21NO3. The molecule has 1 unspecified atom stereocenters. The zero-order chi connectivity index (χ0) is 13.8. The third-order valence-corrected chi connectivity index (χ3v) is 3.75. The van der Waals surface area contributed by atoms with Gasteiger partial charge in [-0.3, -0.25) is 4.79 Å². The molecule has 1 saturated heterocycles. The second kappa shape index (κ2) is 6.06. The van der Waals surface area contributed by atoms with Crippen LogP contribution in [0.25, 0.3) is 0 Å². The van der Waals surface area contributed by atoms with Crippen LogP contribution in [0, 0.1) is 6.92 Å². The summed E-state index contributed by atoms with van der Waals surface area (Å²) >= 11 is 0. The molecule has 1 fully saturated rings. The number of aryl methyl sites for hydroxylation is 1. The minimum Gasteiger partial charge on any atom is -0.496 e. The van der Waals surface area contributed by atoms with Gasteiger partial charge in [0.2, 0.25) is 0 Å². The van der Waals surface area contributed by atoms with E-state index in [1.54, 1.807) is 18.1 Å². The van der Waals surface area contributed by atoms with Crippen LogP contribution in [-0.2, 0) is 0 Å². The van der Waals surface area contributed by atoms with Crippen LogP contribution in [0.2, 0.25) is 0 Å². The number of benzene rings is 1. The first-order valence-electron chi connectivity index (χ1n) is 6.74. The SMILES string of the molecule is COc1cc(C(=O)N2CCCCC2CO)ccc1C. The van der Waals surface area contributed by atoms with Gasteiger partial charge in [0.25, 0.3) is 5.91 Å². The molecule has 4 heteroatoms. The average Bonchev–Trinajstić information content (AvgIpc) is 2.47. The summed E-state index contributed by atoms with van der Waals surface area (Å²) in [6, 6.07) is 5.45. The Kier molecular flexibility index (Phi) is 4.43. The summed E-state index contributed by atoms with van der Waals surface area (Å²) in [6.07, 6.45) is 2.96. The highest BCUT2D eigenvalue weighted by atomic mass is 16.5. The molecule has 1 aliphatic rings. The highest BCUT2D eigenvalue weighted by Gasteiger charge is 2.27. The van der Waals surface area contributed by atoms with Gasteiger partial charge in [0, 0.05) is 12.1 Å². The van der Waals surface area contributed by atoms with Crippen molar-refractivity contribution in [1.82, 2.24) is 4.90 Å². The fourth-order valence-corrected chi connectivity index (χ4v) is 2.58. The first kappa shape index (κ1) is 13.9. The second-order valence-electron chi connectivity index (χ2n) is 5.02. The van der Waals surface area contributed by atoms with E-state index in [2.05, 4.69) is 0 Å². The van der Waals surface area contributed by atoms with Gasteiger partial charge in [0.1, 0.15) is 5.75 Å². The highest BCUT2D eigenvalue weighted by molar-refractivity contribution is 5.95. The highest BCUT2D eigenvalue weighted by Crippen LogP contribution is 2.23. The lowest BCUT2D eigenvalue weighted by molar-refractivity contribution is 0.0502. The second-order valence-corrected chi connectivity index (χ2v) is 5.02. The third kappa shape index (κ3) is 2.89. The average molecular weight is 263 g/mol. The molecule has 0 radical (unpaired) electrons. The smallest absolute Gasteiger partial charge is 0.254 e. The number of carbonyl (C=O) groups is 1. The van der Waals surface area contributed by atoms with Crippen molar-refractivity contribution in [3.63, 3.8) is 0 Å². The van der Waals surface area contributed by atoms with Gasteiger partial charge in [-0.1, -0.05) is 6.07 Å². The number of hydrogen-bond donors (Lipinski definition) is 1. The Morgan fingerprint density at radius 3 is 2.95 bits per heavy atom. The number of methoxy groups -OCH3 is 1. The summed E-state index contributed by atoms with van der Waals surface area (Å²) in [5.41, 5.74) is 1.64. The monoisotopic (exact) mass is 263 g/mol. The quantitative estimate of drug-likeness (QED) is 0.907. The number of aliphatic hydroxyl groups excluding tert-OH is 1. The number of carbonyl (C=O) groups excluding carboxylic acids is 1. The van der Waals surface area contributed by atoms with E-state index in [1.165, 1.54) is 0 Å². The van der Waals surface area contributed by atoms with Crippen molar-refractivity contribution < 1.29 is 14.6 Å². The number of hydrogen-bond acceptors (Lipinski definition) is 3. The first-order chi connectivity index (χ1) is 9.17. The van der Waals surface area contributed by atoms with E-state index in [9.17, 15) is 9.90 Å². The number of aliphatic hydroxyl groups is 1. The largest absolute Gasteiger partial charge is 0.496 e. The molecule has 0 spiro atoms. The van der Waals surface area contributed by atoms with Crippen molar-refractivity contribution in [3.8, 4) is 5.75 Å². The first-order valence-corrected chi connectivity index (χ1v) is 6.74. The van der Waals surface area contributed by atoms with E-state index in [0.717, 1.165) is 37.1 Å². The van der Waals surface area contributed by atoms with E-state index in [-0.39, 0.29) is 18.6 Å². The molecule has 0 aliphatic carbocycles. The minimum atomic E-state index is -0.0476. The lowest BCUT2D eigenvalue weighted by Crippen LogP contribution is -2.45. The van der Waals surface area contributed by atoms with Crippen LogP contribution >= 0.6 is 0 Å². The van der Waals surface area contributed by atoms with Crippen molar-refractivity contribution in [2.24, 2.45) is 0 Å². The third-order valence-electron chi connectivity index (χ3n) is 3.75. The van der Waals surface area contributed by atoms with Crippen LogP contribution in [0.5, 0.6) is 5.75 Å². The lowest BCUT2D eigenvalue weighted by atomic mass is 10.0. The number of amides is 1. The molecule has 1 N–H and O–H groups in total. The van der Waals surface area contributed by atoms with Gasteiger partial charge < -0.3 is 14.7 Å². The van der Waals surface area contributed by atoms with Crippen LogP contribution < -0.4 is 4.74 Å². The summed E-state index contributed by atoms with van der Waals surface area (Å²) in [6.45, 7) is 2.71. The Morgan fingerprint density at radius 2 is 2.26 bits per heavy atom. The van der Waals surface area contributed by atoms with E-state index < -0.39 is 0 Å². The van der Waals surface area contributed by atoms with Crippen LogP contribution in [0.3, 0.4) is 0 Å². The van der Waals surface area contributed by atoms with Gasteiger partial charge in [0.15, 0.2) is 0 Å². The maximum Gasteiger partial charge on any atom is 0.254 e. The van der Waals surface area contributed by atoms with Crippen molar-refractivity contribution in [1.29, 1.82) is 0 Å². The fourth-order valence-electron chi connectivity index (χ4n) is 2.58. The predicted molar refractivity (Wildman–Crippen MR) is 73.5 cm³/mol. The van der Waals surface area contributed by atoms with Gasteiger partial charge in [-0.25, -0.2) is 0 Å². The summed E-state index contributed by atoms with van der Waals surface area (Å²) < 4.78 is 5.26. The molecule has 0 saturated carbocycles. The maximum absolute atomic E-state index is 12.5. The Balaban J connectivity index is 2.22. The predicted octanol–water partition coefficient (Wildman–Crippen LogP) is 1.99. The van der Waals surface area contributed by atoms with Crippen LogP contribution in [0.4, 0.5) is 0 Å². The number of nitrogens with zero attached hydrogens (tertiary/aromatic N) is 1. The zero-order valence-electron chi connectivity index (χ0n) is 11.6. The summed E-state index contributed by atoms with van der Waals surface area (Å²) in [5, 5.41) is 9.38. The number of likely N-dealkylation sites (tertiary alicyclic amines) is 1. The molecule has 1 aliphatic heterocycles. The summed E-state index contributed by atoms with van der Waals surface area (Å²) in [4.78, 5) is 14.3. The van der Waals surface area contributed by atoms with Crippen molar-refractivity contribution in [2.45, 2.75) is 32.2 Å². The van der Waals surface area contributed by atoms with Crippen molar-refractivity contribution in [2.75, 3.05) is 20.3 Å². The van der Waals surface area contributed by atoms with E-state index in [4.69, 9.17) is 4.74 Å². The zero-order valence-corrected chi connectivity index (χ0v) is 11.6. The molecule has 19 heavy (non-hydrogen) atoms. The van der Waals surface area contributed by atoms with Gasteiger partial charge in [0.05, 0.1) is 19.8 Å². The molecule has 2 rings (SSSR count). The number of ether oxygens (including phenoxy) is 1. The fraction of sp³-hybridized carbons (Fsp3) is 0.533. The number of rotatable bonds is 3. The van der Waals surface area contributed by atoms with Crippen LogP contribution in [-0.4, -0.2) is 42.2 Å². The molecule has 0 bridgehead atoms. The Hall–Kier alpha value is -1.55. The Morgan fingerprint density at radius 1 is 1.47 bits per heavy atom. The van der Waals surface area contributed by atoms with Gasteiger partial charge in [-0.15, -0.1) is 0 Å². The molecule has 0 aromatic heterocycles. The maximum atomic E-state index is 12.5. The van der Waals surface area contributed by atoms with E-state index in [1.807, 2.05) is 19.1 Å². The lowest BCUT2D eigenvalue weighted by Gasteiger charge is -2.34.